The van der Waals surface area contributed by atoms with E-state index in [1.54, 1.807) is 0 Å². The van der Waals surface area contributed by atoms with E-state index in [1.807, 2.05) is 0 Å². The summed E-state index contributed by atoms with van der Waals surface area (Å²) in [6.45, 7) is 8.81. The maximum atomic E-state index is 13.1. The molecule has 4 rings (SSSR count). The Labute approximate surface area is 309 Å². The first-order valence-electron chi connectivity index (χ1n) is 15.7. The van der Waals surface area contributed by atoms with Crippen molar-refractivity contribution >= 4 is 93.5 Å². The molecule has 0 amide bonds. The summed E-state index contributed by atoms with van der Waals surface area (Å²) in [5, 5.41) is -1.42. The summed E-state index contributed by atoms with van der Waals surface area (Å²) in [6, 6.07) is 2.27. The number of rotatable bonds is 14. The van der Waals surface area contributed by atoms with Crippen LogP contribution in [-0.4, -0.2) is 37.1 Å². The van der Waals surface area contributed by atoms with Gasteiger partial charge in [-0.2, -0.15) is 0 Å². The van der Waals surface area contributed by atoms with Crippen LogP contribution in [0.1, 0.15) is 86.9 Å². The van der Waals surface area contributed by atoms with Crippen LogP contribution in [0.5, 0.6) is 11.5 Å². The molecular formula is C34H36Cl6O8. The van der Waals surface area contributed by atoms with Crippen molar-refractivity contribution in [3.05, 3.63) is 53.4 Å². The largest absolute Gasteiger partial charge is 0.462 e. The van der Waals surface area contributed by atoms with Crippen molar-refractivity contribution in [3.8, 4) is 11.5 Å². The quantitative estimate of drug-likeness (QED) is 0.0807. The maximum Gasteiger partial charge on any atom is 0.423 e. The number of benzene rings is 2. The highest BCUT2D eigenvalue weighted by molar-refractivity contribution is 6.47. The second-order valence-electron chi connectivity index (χ2n) is 13.1. The van der Waals surface area contributed by atoms with Gasteiger partial charge in [0.05, 0.1) is 43.3 Å². The van der Waals surface area contributed by atoms with Gasteiger partial charge in [-0.05, 0) is 73.3 Å². The van der Waals surface area contributed by atoms with Gasteiger partial charge in [-0.3, -0.25) is 0 Å². The van der Waals surface area contributed by atoms with Gasteiger partial charge in [0.25, 0.3) is 0 Å². The molecule has 0 saturated heterocycles. The first-order chi connectivity index (χ1) is 22.6. The van der Waals surface area contributed by atoms with Crippen molar-refractivity contribution in [2.24, 2.45) is 35.5 Å². The SMILES string of the molecule is CC(C)CCC1CC1COC(=O)c1c(Cl)c(Cl)cc(Cl)c1OC(=O)C(=O)Oc1c(Cl)cc(Cl)c(Cl)c1C(=O)OCC1CC1CCC(C)C. The molecule has 0 aromatic heterocycles. The first kappa shape index (κ1) is 38.9. The fourth-order valence-corrected chi connectivity index (χ4v) is 6.77. The fraction of sp³-hybridized carbons (Fsp3) is 0.529. The highest BCUT2D eigenvalue weighted by Gasteiger charge is 2.40. The number of carbonyl (C=O) groups excluding carboxylic acids is 4. The lowest BCUT2D eigenvalue weighted by atomic mass is 10.1. The summed E-state index contributed by atoms with van der Waals surface area (Å²) in [7, 11) is 0. The summed E-state index contributed by atoms with van der Waals surface area (Å²) in [6.07, 6.45) is 6.02. The van der Waals surface area contributed by atoms with Crippen LogP contribution in [-0.2, 0) is 19.1 Å². The third kappa shape index (κ3) is 10.1. The molecule has 2 aromatic rings. The summed E-state index contributed by atoms with van der Waals surface area (Å²) in [5.74, 6) is -3.89. The Morgan fingerprint density at radius 1 is 0.604 bits per heavy atom. The van der Waals surface area contributed by atoms with Crippen LogP contribution in [0.2, 0.25) is 30.1 Å². The lowest BCUT2D eigenvalue weighted by Gasteiger charge is -2.15. The highest BCUT2D eigenvalue weighted by atomic mass is 35.5. The number of ether oxygens (including phenoxy) is 4. The Hall–Kier alpha value is -1.94. The molecule has 8 nitrogen and oxygen atoms in total. The van der Waals surface area contributed by atoms with Gasteiger partial charge in [0, 0.05) is 0 Å². The van der Waals surface area contributed by atoms with Crippen molar-refractivity contribution < 1.29 is 38.1 Å². The van der Waals surface area contributed by atoms with Gasteiger partial charge >= 0.3 is 23.9 Å². The van der Waals surface area contributed by atoms with Crippen molar-refractivity contribution in [1.29, 1.82) is 0 Å². The zero-order valence-corrected chi connectivity index (χ0v) is 31.3. The van der Waals surface area contributed by atoms with Gasteiger partial charge in [-0.1, -0.05) is 110 Å². The first-order valence-corrected chi connectivity index (χ1v) is 18.0. The topological polar surface area (TPSA) is 105 Å². The summed E-state index contributed by atoms with van der Waals surface area (Å²) < 4.78 is 21.3. The molecule has 0 aliphatic heterocycles. The summed E-state index contributed by atoms with van der Waals surface area (Å²) in [5.41, 5.74) is -0.892. The van der Waals surface area contributed by atoms with E-state index in [4.69, 9.17) is 88.6 Å². The molecule has 2 aliphatic carbocycles. The third-order valence-electron chi connectivity index (χ3n) is 8.44. The predicted molar refractivity (Wildman–Crippen MR) is 186 cm³/mol. The summed E-state index contributed by atoms with van der Waals surface area (Å²) >= 11 is 37.5. The molecule has 0 N–H and O–H groups in total. The molecule has 0 heterocycles. The average molecular weight is 785 g/mol. The van der Waals surface area contributed by atoms with E-state index in [2.05, 4.69) is 27.7 Å². The van der Waals surface area contributed by atoms with Crippen LogP contribution in [0, 0.1) is 35.5 Å². The molecule has 14 heteroatoms. The molecule has 0 radical (unpaired) electrons. The van der Waals surface area contributed by atoms with Crippen LogP contribution in [0.15, 0.2) is 12.1 Å². The van der Waals surface area contributed by atoms with Crippen LogP contribution >= 0.6 is 69.6 Å². The molecule has 0 bridgehead atoms. The van der Waals surface area contributed by atoms with Crippen LogP contribution in [0.3, 0.4) is 0 Å². The van der Waals surface area contributed by atoms with E-state index >= 15 is 0 Å². The van der Waals surface area contributed by atoms with Crippen molar-refractivity contribution in [2.45, 2.75) is 66.2 Å². The van der Waals surface area contributed by atoms with E-state index < -0.39 is 46.5 Å². The highest BCUT2D eigenvalue weighted by Crippen LogP contribution is 2.46. The molecule has 2 aliphatic rings. The van der Waals surface area contributed by atoms with E-state index in [9.17, 15) is 19.2 Å². The van der Waals surface area contributed by atoms with Gasteiger partial charge in [0.1, 0.15) is 11.1 Å². The zero-order valence-electron chi connectivity index (χ0n) is 26.8. The standard InChI is InChI=1S/C34H36Cl6O8/c1-15(2)5-7-17-9-19(17)13-45-31(41)25-27(39)21(35)11-23(37)29(25)47-33(43)34(44)48-30-24(38)12-22(36)28(40)26(30)32(42)46-14-20-10-18(20)8-6-16(3)4/h11-12,15-20H,5-10,13-14H2,1-4H3. The Morgan fingerprint density at radius 3 is 1.29 bits per heavy atom. The van der Waals surface area contributed by atoms with E-state index in [1.165, 1.54) is 0 Å². The van der Waals surface area contributed by atoms with Gasteiger partial charge < -0.3 is 18.9 Å². The second kappa shape index (κ2) is 16.8. The monoisotopic (exact) mass is 782 g/mol. The van der Waals surface area contributed by atoms with Gasteiger partial charge in [0.15, 0.2) is 11.5 Å². The maximum absolute atomic E-state index is 13.1. The number of halogens is 6. The van der Waals surface area contributed by atoms with Crippen LogP contribution < -0.4 is 9.47 Å². The Balaban J connectivity index is 1.46. The minimum Gasteiger partial charge on any atom is -0.462 e. The third-order valence-corrected chi connectivity index (χ3v) is 10.6. The number of carbonyl (C=O) groups is 4. The van der Waals surface area contributed by atoms with E-state index in [0.29, 0.717) is 23.7 Å². The minimum atomic E-state index is -1.63. The molecule has 0 spiro atoms. The van der Waals surface area contributed by atoms with Crippen molar-refractivity contribution in [2.75, 3.05) is 13.2 Å². The van der Waals surface area contributed by atoms with Gasteiger partial charge in [-0.25, -0.2) is 19.2 Å². The molecule has 4 unspecified atom stereocenters. The number of hydrogen-bond acceptors (Lipinski definition) is 8. The van der Waals surface area contributed by atoms with E-state index in [-0.39, 0.29) is 55.2 Å². The molecule has 2 fully saturated rings. The predicted octanol–water partition coefficient (Wildman–Crippen LogP) is 10.6. The molecule has 2 saturated carbocycles. The smallest absolute Gasteiger partial charge is 0.423 e. The van der Waals surface area contributed by atoms with E-state index in [0.717, 1.165) is 50.7 Å². The second-order valence-corrected chi connectivity index (χ2v) is 15.5. The van der Waals surface area contributed by atoms with Crippen LogP contribution in [0.25, 0.3) is 0 Å². The Bertz CT molecular complexity index is 1460. The normalized spacial score (nSPS) is 19.7. The molecular weight excluding hydrogens is 749 g/mol. The van der Waals surface area contributed by atoms with Crippen molar-refractivity contribution in [3.63, 3.8) is 0 Å². The molecule has 48 heavy (non-hydrogen) atoms. The fourth-order valence-electron chi connectivity index (χ4n) is 5.33. The van der Waals surface area contributed by atoms with Crippen LogP contribution in [0.4, 0.5) is 0 Å². The lowest BCUT2D eigenvalue weighted by molar-refractivity contribution is -0.156. The molecule has 2 aromatic carbocycles. The van der Waals surface area contributed by atoms with Crippen molar-refractivity contribution in [1.82, 2.24) is 0 Å². The number of hydrogen-bond donors (Lipinski definition) is 0. The number of esters is 4. The molecule has 262 valence electrons. The van der Waals surface area contributed by atoms with Gasteiger partial charge in [0.2, 0.25) is 0 Å². The minimum absolute atomic E-state index is 0.111. The summed E-state index contributed by atoms with van der Waals surface area (Å²) in [4.78, 5) is 52.3. The Kier molecular flexibility index (Phi) is 13.6. The lowest BCUT2D eigenvalue weighted by Crippen LogP contribution is -2.27. The average Bonchev–Trinajstić information content (AvgIpc) is 3.94. The molecule has 4 atom stereocenters. The Morgan fingerprint density at radius 2 is 0.958 bits per heavy atom. The zero-order chi connectivity index (χ0) is 35.4. The van der Waals surface area contributed by atoms with Gasteiger partial charge in [-0.15, -0.1) is 0 Å².